The van der Waals surface area contributed by atoms with Crippen LogP contribution < -0.4 is 0 Å². The zero-order chi connectivity index (χ0) is 11.0. The van der Waals surface area contributed by atoms with E-state index in [0.717, 1.165) is 16.3 Å². The Labute approximate surface area is 93.0 Å². The number of imidazole rings is 1. The third kappa shape index (κ3) is 1.53. The van der Waals surface area contributed by atoms with Gasteiger partial charge in [0.2, 0.25) is 0 Å². The predicted octanol–water partition coefficient (Wildman–Crippen LogP) is 2.89. The van der Waals surface area contributed by atoms with Crippen molar-refractivity contribution in [2.45, 2.75) is 33.1 Å². The number of thiazole rings is 1. The number of nitrogens with zero attached hydrogens (tertiary/aromatic N) is 3. The summed E-state index contributed by atoms with van der Waals surface area (Å²) in [5, 5.41) is 10.9. The van der Waals surface area contributed by atoms with E-state index in [-0.39, 0.29) is 0 Å². The molecular formula is C11H13N3S. The molecule has 78 valence electrons. The van der Waals surface area contributed by atoms with Crippen molar-refractivity contribution >= 4 is 16.3 Å². The molecule has 4 heteroatoms. The number of hydrogen-bond donors (Lipinski definition) is 0. The van der Waals surface area contributed by atoms with Gasteiger partial charge in [0.1, 0.15) is 0 Å². The van der Waals surface area contributed by atoms with Gasteiger partial charge in [0.05, 0.1) is 23.9 Å². The Bertz CT molecular complexity index is 528. The molecule has 0 bridgehead atoms. The van der Waals surface area contributed by atoms with Crippen LogP contribution in [0.15, 0.2) is 5.38 Å². The quantitative estimate of drug-likeness (QED) is 0.779. The number of rotatable bonds is 2. The highest BCUT2D eigenvalue weighted by Gasteiger charge is 2.15. The van der Waals surface area contributed by atoms with Gasteiger partial charge in [-0.3, -0.25) is 4.40 Å². The summed E-state index contributed by atoms with van der Waals surface area (Å²) in [5.41, 5.74) is 3.27. The minimum absolute atomic E-state index is 0.434. The van der Waals surface area contributed by atoms with Crippen LogP contribution in [0.25, 0.3) is 4.96 Å². The van der Waals surface area contributed by atoms with Gasteiger partial charge in [0, 0.05) is 11.1 Å². The summed E-state index contributed by atoms with van der Waals surface area (Å²) in [5.74, 6) is 0.463. The lowest BCUT2D eigenvalue weighted by Gasteiger charge is -2.05. The van der Waals surface area contributed by atoms with Crippen molar-refractivity contribution in [2.75, 3.05) is 0 Å². The maximum Gasteiger partial charge on any atom is 0.194 e. The summed E-state index contributed by atoms with van der Waals surface area (Å²) in [4.78, 5) is 5.47. The number of hydrogen-bond acceptors (Lipinski definition) is 3. The van der Waals surface area contributed by atoms with Crippen LogP contribution in [-0.4, -0.2) is 9.38 Å². The van der Waals surface area contributed by atoms with Crippen LogP contribution in [0.4, 0.5) is 0 Å². The molecule has 0 unspecified atom stereocenters. The minimum Gasteiger partial charge on any atom is -0.290 e. The number of nitriles is 1. The molecule has 0 radical (unpaired) electrons. The monoisotopic (exact) mass is 219 g/mol. The van der Waals surface area contributed by atoms with Crippen molar-refractivity contribution in [1.29, 1.82) is 5.26 Å². The Balaban J connectivity index is 2.71. The van der Waals surface area contributed by atoms with Crippen molar-refractivity contribution < 1.29 is 0 Å². The SMILES string of the molecule is Cc1nc2scc(C(C)C)n2c1CC#N. The molecule has 0 spiro atoms. The Morgan fingerprint density at radius 1 is 1.60 bits per heavy atom. The first-order valence-corrected chi connectivity index (χ1v) is 5.85. The van der Waals surface area contributed by atoms with Crippen LogP contribution in [0.1, 0.15) is 36.8 Å². The second-order valence-corrected chi connectivity index (χ2v) is 4.75. The predicted molar refractivity (Wildman–Crippen MR) is 61.2 cm³/mol. The molecule has 2 rings (SSSR count). The van der Waals surface area contributed by atoms with Crippen LogP contribution in [0.3, 0.4) is 0 Å². The lowest BCUT2D eigenvalue weighted by molar-refractivity contribution is 0.797. The van der Waals surface area contributed by atoms with Crippen molar-refractivity contribution in [3.8, 4) is 6.07 Å². The smallest absolute Gasteiger partial charge is 0.194 e. The van der Waals surface area contributed by atoms with Gasteiger partial charge in [-0.25, -0.2) is 4.98 Å². The van der Waals surface area contributed by atoms with Crippen molar-refractivity contribution in [3.05, 3.63) is 22.5 Å². The lowest BCUT2D eigenvalue weighted by atomic mass is 10.1. The van der Waals surface area contributed by atoms with Crippen molar-refractivity contribution in [3.63, 3.8) is 0 Å². The molecule has 0 aromatic carbocycles. The van der Waals surface area contributed by atoms with E-state index < -0.39 is 0 Å². The summed E-state index contributed by atoms with van der Waals surface area (Å²) < 4.78 is 2.13. The highest BCUT2D eigenvalue weighted by atomic mass is 32.1. The summed E-state index contributed by atoms with van der Waals surface area (Å²) in [7, 11) is 0. The standard InChI is InChI=1S/C11H13N3S/c1-7(2)10-6-15-11-13-8(3)9(4-5-12)14(10)11/h6-7H,4H2,1-3H3. The molecule has 0 amide bonds. The normalized spacial score (nSPS) is 11.1. The Morgan fingerprint density at radius 2 is 2.33 bits per heavy atom. The van der Waals surface area contributed by atoms with E-state index in [0.29, 0.717) is 12.3 Å². The van der Waals surface area contributed by atoms with Crippen LogP contribution in [0.5, 0.6) is 0 Å². The van der Waals surface area contributed by atoms with Gasteiger partial charge in [-0.1, -0.05) is 13.8 Å². The summed E-state index contributed by atoms with van der Waals surface area (Å²) in [6, 6.07) is 2.20. The fraction of sp³-hybridized carbons (Fsp3) is 0.455. The van der Waals surface area contributed by atoms with E-state index in [9.17, 15) is 0 Å². The number of fused-ring (bicyclic) bond motifs is 1. The molecule has 15 heavy (non-hydrogen) atoms. The van der Waals surface area contributed by atoms with E-state index in [1.165, 1.54) is 5.69 Å². The highest BCUT2D eigenvalue weighted by Crippen LogP contribution is 2.26. The van der Waals surface area contributed by atoms with Crippen LogP contribution in [0, 0.1) is 18.3 Å². The largest absolute Gasteiger partial charge is 0.290 e. The molecule has 0 saturated heterocycles. The number of aryl methyl sites for hydroxylation is 1. The molecule has 0 aliphatic carbocycles. The van der Waals surface area contributed by atoms with Gasteiger partial charge in [-0.15, -0.1) is 11.3 Å². The second kappa shape index (κ2) is 3.67. The van der Waals surface area contributed by atoms with Crippen LogP contribution >= 0.6 is 11.3 Å². The highest BCUT2D eigenvalue weighted by molar-refractivity contribution is 7.15. The molecule has 0 aliphatic rings. The summed E-state index contributed by atoms with van der Waals surface area (Å²) in [6.45, 7) is 6.29. The molecule has 2 aromatic rings. The Morgan fingerprint density at radius 3 is 2.93 bits per heavy atom. The van der Waals surface area contributed by atoms with Gasteiger partial charge in [0.25, 0.3) is 0 Å². The molecule has 0 atom stereocenters. The van der Waals surface area contributed by atoms with Gasteiger partial charge < -0.3 is 0 Å². The zero-order valence-corrected chi connectivity index (χ0v) is 9.93. The molecule has 2 heterocycles. The first kappa shape index (κ1) is 10.2. The Hall–Kier alpha value is -1.34. The molecule has 3 nitrogen and oxygen atoms in total. The third-order valence-electron chi connectivity index (χ3n) is 2.52. The van der Waals surface area contributed by atoms with Gasteiger partial charge in [-0.05, 0) is 12.8 Å². The maximum absolute atomic E-state index is 8.80. The van der Waals surface area contributed by atoms with E-state index >= 15 is 0 Å². The molecule has 0 fully saturated rings. The second-order valence-electron chi connectivity index (χ2n) is 3.91. The van der Waals surface area contributed by atoms with Crippen molar-refractivity contribution in [2.24, 2.45) is 0 Å². The first-order chi connectivity index (χ1) is 7.15. The third-order valence-corrected chi connectivity index (χ3v) is 3.37. The van der Waals surface area contributed by atoms with E-state index in [4.69, 9.17) is 5.26 Å². The summed E-state index contributed by atoms with van der Waals surface area (Å²) in [6.07, 6.45) is 0.434. The van der Waals surface area contributed by atoms with E-state index in [2.05, 4.69) is 34.7 Å². The minimum atomic E-state index is 0.434. The fourth-order valence-electron chi connectivity index (χ4n) is 1.72. The molecular weight excluding hydrogens is 206 g/mol. The van der Waals surface area contributed by atoms with Gasteiger partial charge >= 0.3 is 0 Å². The molecule has 0 N–H and O–H groups in total. The molecule has 0 aliphatic heterocycles. The average molecular weight is 219 g/mol. The zero-order valence-electron chi connectivity index (χ0n) is 9.11. The first-order valence-electron chi connectivity index (χ1n) is 4.97. The summed E-state index contributed by atoms with van der Waals surface area (Å²) >= 11 is 1.65. The topological polar surface area (TPSA) is 41.1 Å². The fourth-order valence-corrected chi connectivity index (χ4v) is 2.84. The van der Waals surface area contributed by atoms with Crippen molar-refractivity contribution in [1.82, 2.24) is 9.38 Å². The van der Waals surface area contributed by atoms with Gasteiger partial charge in [-0.2, -0.15) is 5.26 Å². The van der Waals surface area contributed by atoms with E-state index in [1.807, 2.05) is 6.92 Å². The lowest BCUT2D eigenvalue weighted by Crippen LogP contribution is -1.99. The Kier molecular flexibility index (Phi) is 2.49. The maximum atomic E-state index is 8.80. The van der Waals surface area contributed by atoms with E-state index in [1.54, 1.807) is 11.3 Å². The average Bonchev–Trinajstić information content (AvgIpc) is 2.68. The number of aromatic nitrogens is 2. The molecule has 2 aromatic heterocycles. The van der Waals surface area contributed by atoms with Crippen LogP contribution in [-0.2, 0) is 6.42 Å². The molecule has 0 saturated carbocycles. The van der Waals surface area contributed by atoms with Gasteiger partial charge in [0.15, 0.2) is 4.96 Å². The van der Waals surface area contributed by atoms with Crippen LogP contribution in [0.2, 0.25) is 0 Å².